The smallest absolute Gasteiger partial charge is 0.152 e. The zero-order valence-electron chi connectivity index (χ0n) is 11.2. The van der Waals surface area contributed by atoms with E-state index in [0.29, 0.717) is 5.41 Å². The summed E-state index contributed by atoms with van der Waals surface area (Å²) in [6.07, 6.45) is 3.72. The van der Waals surface area contributed by atoms with Crippen LogP contribution in [0.3, 0.4) is 0 Å². The van der Waals surface area contributed by atoms with Crippen LogP contribution in [0.25, 0.3) is 0 Å². The standard InChI is InChI=1S/C14H23N3/c1-11-5-6-12(15)13(16-11)17-9-4-7-14(2,3)8-10-17/h5-6H,4,7-10,15H2,1-3H3. The summed E-state index contributed by atoms with van der Waals surface area (Å²) in [5, 5.41) is 0. The van der Waals surface area contributed by atoms with Crippen molar-refractivity contribution < 1.29 is 0 Å². The average Bonchev–Trinajstić information content (AvgIpc) is 2.43. The molecule has 0 spiro atoms. The van der Waals surface area contributed by atoms with Crippen LogP contribution in [-0.4, -0.2) is 18.1 Å². The van der Waals surface area contributed by atoms with Crippen LogP contribution >= 0.6 is 0 Å². The number of aromatic nitrogens is 1. The van der Waals surface area contributed by atoms with E-state index in [1.54, 1.807) is 0 Å². The Kier molecular flexibility index (Phi) is 3.27. The maximum Gasteiger partial charge on any atom is 0.152 e. The van der Waals surface area contributed by atoms with Crippen molar-refractivity contribution in [3.63, 3.8) is 0 Å². The van der Waals surface area contributed by atoms with Crippen LogP contribution in [0.4, 0.5) is 11.5 Å². The molecule has 0 saturated carbocycles. The van der Waals surface area contributed by atoms with Crippen molar-refractivity contribution in [2.45, 2.75) is 40.0 Å². The van der Waals surface area contributed by atoms with E-state index in [-0.39, 0.29) is 0 Å². The van der Waals surface area contributed by atoms with E-state index in [9.17, 15) is 0 Å². The summed E-state index contributed by atoms with van der Waals surface area (Å²) < 4.78 is 0. The van der Waals surface area contributed by atoms with E-state index in [0.717, 1.165) is 30.3 Å². The number of hydrogen-bond acceptors (Lipinski definition) is 3. The molecule has 1 aliphatic rings. The van der Waals surface area contributed by atoms with Crippen LogP contribution in [0.5, 0.6) is 0 Å². The molecule has 1 saturated heterocycles. The Balaban J connectivity index is 2.19. The maximum absolute atomic E-state index is 6.03. The minimum absolute atomic E-state index is 0.452. The van der Waals surface area contributed by atoms with Gasteiger partial charge in [0, 0.05) is 18.8 Å². The zero-order valence-corrected chi connectivity index (χ0v) is 11.2. The van der Waals surface area contributed by atoms with Crippen LogP contribution in [0.1, 0.15) is 38.8 Å². The van der Waals surface area contributed by atoms with Gasteiger partial charge >= 0.3 is 0 Å². The first-order chi connectivity index (χ1) is 7.98. The van der Waals surface area contributed by atoms with Gasteiger partial charge in [0.05, 0.1) is 5.69 Å². The highest BCUT2D eigenvalue weighted by Crippen LogP contribution is 2.32. The van der Waals surface area contributed by atoms with Gasteiger partial charge in [-0.2, -0.15) is 0 Å². The molecule has 1 aromatic rings. The van der Waals surface area contributed by atoms with Gasteiger partial charge in [-0.1, -0.05) is 13.8 Å². The van der Waals surface area contributed by atoms with Gasteiger partial charge in [-0.15, -0.1) is 0 Å². The van der Waals surface area contributed by atoms with E-state index in [1.165, 1.54) is 19.3 Å². The lowest BCUT2D eigenvalue weighted by atomic mass is 9.85. The number of rotatable bonds is 1. The summed E-state index contributed by atoms with van der Waals surface area (Å²) in [5.41, 5.74) is 8.33. The highest BCUT2D eigenvalue weighted by Gasteiger charge is 2.24. The minimum Gasteiger partial charge on any atom is -0.396 e. The first kappa shape index (κ1) is 12.2. The molecule has 2 rings (SSSR count). The van der Waals surface area contributed by atoms with Gasteiger partial charge < -0.3 is 10.6 Å². The second-order valence-corrected chi connectivity index (χ2v) is 5.87. The fraction of sp³-hybridized carbons (Fsp3) is 0.643. The lowest BCUT2D eigenvalue weighted by Gasteiger charge is -2.25. The molecule has 2 N–H and O–H groups in total. The summed E-state index contributed by atoms with van der Waals surface area (Å²) in [6.45, 7) is 8.86. The number of nitrogens with zero attached hydrogens (tertiary/aromatic N) is 2. The lowest BCUT2D eigenvalue weighted by Crippen LogP contribution is -2.27. The number of nitrogens with two attached hydrogens (primary N) is 1. The predicted molar refractivity (Wildman–Crippen MR) is 73.2 cm³/mol. The summed E-state index contributed by atoms with van der Waals surface area (Å²) in [5.74, 6) is 0.975. The Morgan fingerprint density at radius 2 is 2.00 bits per heavy atom. The first-order valence-corrected chi connectivity index (χ1v) is 6.46. The van der Waals surface area contributed by atoms with Gasteiger partial charge in [0.2, 0.25) is 0 Å². The third kappa shape index (κ3) is 2.90. The van der Waals surface area contributed by atoms with Crippen LogP contribution in [0.2, 0.25) is 0 Å². The Morgan fingerprint density at radius 3 is 2.76 bits per heavy atom. The summed E-state index contributed by atoms with van der Waals surface area (Å²) >= 11 is 0. The van der Waals surface area contributed by atoms with Gasteiger partial charge in [-0.25, -0.2) is 4.98 Å². The summed E-state index contributed by atoms with van der Waals surface area (Å²) in [4.78, 5) is 6.93. The van der Waals surface area contributed by atoms with Crippen molar-refractivity contribution >= 4 is 11.5 Å². The van der Waals surface area contributed by atoms with E-state index in [1.807, 2.05) is 19.1 Å². The van der Waals surface area contributed by atoms with Crippen molar-refractivity contribution in [3.8, 4) is 0 Å². The molecular formula is C14H23N3. The molecule has 0 aliphatic carbocycles. The van der Waals surface area contributed by atoms with Crippen molar-refractivity contribution in [3.05, 3.63) is 17.8 Å². The molecule has 1 aliphatic heterocycles. The number of aryl methyl sites for hydroxylation is 1. The fourth-order valence-corrected chi connectivity index (χ4v) is 2.44. The van der Waals surface area contributed by atoms with E-state index in [4.69, 9.17) is 5.73 Å². The fourth-order valence-electron chi connectivity index (χ4n) is 2.44. The molecule has 0 amide bonds. The number of nitrogen functional groups attached to an aromatic ring is 1. The Bertz CT molecular complexity index is 398. The molecule has 2 heterocycles. The van der Waals surface area contributed by atoms with Crippen molar-refractivity contribution in [2.24, 2.45) is 5.41 Å². The highest BCUT2D eigenvalue weighted by molar-refractivity contribution is 5.62. The second-order valence-electron chi connectivity index (χ2n) is 5.87. The number of hydrogen-bond donors (Lipinski definition) is 1. The van der Waals surface area contributed by atoms with E-state index < -0.39 is 0 Å². The Labute approximate surface area is 104 Å². The average molecular weight is 233 g/mol. The van der Waals surface area contributed by atoms with Crippen molar-refractivity contribution in [1.82, 2.24) is 4.98 Å². The van der Waals surface area contributed by atoms with E-state index in [2.05, 4.69) is 23.7 Å². The van der Waals surface area contributed by atoms with Gasteiger partial charge in [-0.05, 0) is 43.7 Å². The summed E-state index contributed by atoms with van der Waals surface area (Å²) in [7, 11) is 0. The topological polar surface area (TPSA) is 42.1 Å². The third-order valence-electron chi connectivity index (χ3n) is 3.68. The normalized spacial score (nSPS) is 20.1. The summed E-state index contributed by atoms with van der Waals surface area (Å²) in [6, 6.07) is 3.94. The molecule has 1 aromatic heterocycles. The third-order valence-corrected chi connectivity index (χ3v) is 3.68. The molecular weight excluding hydrogens is 210 g/mol. The van der Waals surface area contributed by atoms with Crippen LogP contribution in [-0.2, 0) is 0 Å². The Hall–Kier alpha value is -1.25. The van der Waals surface area contributed by atoms with Gasteiger partial charge in [0.1, 0.15) is 0 Å². The van der Waals surface area contributed by atoms with Gasteiger partial charge in [-0.3, -0.25) is 0 Å². The number of pyridine rings is 1. The molecule has 94 valence electrons. The molecule has 0 unspecified atom stereocenters. The van der Waals surface area contributed by atoms with Crippen molar-refractivity contribution in [1.29, 1.82) is 0 Å². The van der Waals surface area contributed by atoms with Crippen molar-refractivity contribution in [2.75, 3.05) is 23.7 Å². The molecule has 0 atom stereocenters. The largest absolute Gasteiger partial charge is 0.396 e. The molecule has 1 fully saturated rings. The molecule has 0 aromatic carbocycles. The molecule has 0 radical (unpaired) electrons. The quantitative estimate of drug-likeness (QED) is 0.811. The predicted octanol–water partition coefficient (Wildman–Crippen LogP) is 2.99. The Morgan fingerprint density at radius 1 is 1.24 bits per heavy atom. The van der Waals surface area contributed by atoms with Crippen LogP contribution in [0.15, 0.2) is 12.1 Å². The lowest BCUT2D eigenvalue weighted by molar-refractivity contribution is 0.325. The first-order valence-electron chi connectivity index (χ1n) is 6.46. The van der Waals surface area contributed by atoms with E-state index >= 15 is 0 Å². The van der Waals surface area contributed by atoms with Crippen LogP contribution < -0.4 is 10.6 Å². The highest BCUT2D eigenvalue weighted by atomic mass is 15.2. The van der Waals surface area contributed by atoms with Crippen LogP contribution in [0, 0.1) is 12.3 Å². The molecule has 0 bridgehead atoms. The zero-order chi connectivity index (χ0) is 12.5. The second kappa shape index (κ2) is 4.55. The maximum atomic E-state index is 6.03. The monoisotopic (exact) mass is 233 g/mol. The minimum atomic E-state index is 0.452. The molecule has 3 nitrogen and oxygen atoms in total. The number of anilines is 2. The molecule has 17 heavy (non-hydrogen) atoms. The SMILES string of the molecule is Cc1ccc(N)c(N2CCCC(C)(C)CC2)n1. The van der Waals surface area contributed by atoms with Gasteiger partial charge in [0.15, 0.2) is 5.82 Å². The van der Waals surface area contributed by atoms with Gasteiger partial charge in [0.25, 0.3) is 0 Å². The molecule has 3 heteroatoms.